The van der Waals surface area contributed by atoms with E-state index >= 15 is 0 Å². The molecule has 4 heterocycles. The van der Waals surface area contributed by atoms with Gasteiger partial charge in [-0.3, -0.25) is 9.69 Å². The monoisotopic (exact) mass is 442 g/mol. The zero-order valence-electron chi connectivity index (χ0n) is 19.1. The number of aryl methyl sites for hydroxylation is 1. The summed E-state index contributed by atoms with van der Waals surface area (Å²) in [6.07, 6.45) is 5.61. The SMILES string of the molecule is Cn1cc2c3c(cccc31)N1CCN(CCCCOc3ccc4ccc(=O)[nH]c4c3)CC1C2. The second-order valence-corrected chi connectivity index (χ2v) is 9.42. The number of ether oxygens (including phenoxy) is 1. The zero-order chi connectivity index (χ0) is 22.4. The van der Waals surface area contributed by atoms with Crippen LogP contribution in [0, 0.1) is 0 Å². The molecule has 2 aromatic heterocycles. The van der Waals surface area contributed by atoms with Gasteiger partial charge in [-0.15, -0.1) is 0 Å². The maximum absolute atomic E-state index is 11.5. The van der Waals surface area contributed by atoms with Gasteiger partial charge in [-0.25, -0.2) is 0 Å². The highest BCUT2D eigenvalue weighted by Crippen LogP contribution is 2.38. The van der Waals surface area contributed by atoms with E-state index in [9.17, 15) is 4.79 Å². The zero-order valence-corrected chi connectivity index (χ0v) is 19.1. The molecule has 6 rings (SSSR count). The fourth-order valence-electron chi connectivity index (χ4n) is 5.63. The van der Waals surface area contributed by atoms with Gasteiger partial charge in [-0.1, -0.05) is 6.07 Å². The molecule has 2 aromatic carbocycles. The number of nitrogens with zero attached hydrogens (tertiary/aromatic N) is 3. The molecule has 6 nitrogen and oxygen atoms in total. The Hall–Kier alpha value is -3.25. The van der Waals surface area contributed by atoms with Crippen LogP contribution in [-0.4, -0.2) is 53.3 Å². The lowest BCUT2D eigenvalue weighted by Crippen LogP contribution is -2.55. The van der Waals surface area contributed by atoms with Crippen molar-refractivity contribution in [3.8, 4) is 5.75 Å². The largest absolute Gasteiger partial charge is 0.494 e. The summed E-state index contributed by atoms with van der Waals surface area (Å²) in [5.41, 5.74) is 5.00. The minimum Gasteiger partial charge on any atom is -0.494 e. The van der Waals surface area contributed by atoms with Crippen LogP contribution in [0.2, 0.25) is 0 Å². The van der Waals surface area contributed by atoms with Gasteiger partial charge in [0.15, 0.2) is 0 Å². The first kappa shape index (κ1) is 20.4. The van der Waals surface area contributed by atoms with E-state index in [4.69, 9.17) is 4.74 Å². The first-order valence-corrected chi connectivity index (χ1v) is 12.0. The molecule has 4 aromatic rings. The second-order valence-electron chi connectivity index (χ2n) is 9.42. The number of piperazine rings is 1. The lowest BCUT2D eigenvalue weighted by atomic mass is 9.94. The van der Waals surface area contributed by atoms with Crippen molar-refractivity contribution in [2.24, 2.45) is 7.05 Å². The van der Waals surface area contributed by atoms with Gasteiger partial charge >= 0.3 is 0 Å². The van der Waals surface area contributed by atoms with Crippen molar-refractivity contribution in [2.75, 3.05) is 37.7 Å². The summed E-state index contributed by atoms with van der Waals surface area (Å²) >= 11 is 0. The van der Waals surface area contributed by atoms with Crippen LogP contribution < -0.4 is 15.2 Å². The minimum absolute atomic E-state index is 0.0853. The molecular weight excluding hydrogens is 412 g/mol. The van der Waals surface area contributed by atoms with E-state index in [-0.39, 0.29) is 5.56 Å². The molecule has 1 fully saturated rings. The molecule has 0 spiro atoms. The van der Waals surface area contributed by atoms with Crippen molar-refractivity contribution < 1.29 is 4.74 Å². The van der Waals surface area contributed by atoms with E-state index in [2.05, 4.69) is 50.8 Å². The molecule has 0 amide bonds. The molecule has 0 bridgehead atoms. The Morgan fingerprint density at radius 3 is 2.94 bits per heavy atom. The van der Waals surface area contributed by atoms with Gasteiger partial charge in [-0.05, 0) is 67.1 Å². The van der Waals surface area contributed by atoms with Crippen LogP contribution in [0.15, 0.2) is 59.5 Å². The van der Waals surface area contributed by atoms with Gasteiger partial charge in [0.1, 0.15) is 5.75 Å². The first-order valence-electron chi connectivity index (χ1n) is 12.0. The van der Waals surface area contributed by atoms with Crippen LogP contribution in [0.5, 0.6) is 5.75 Å². The van der Waals surface area contributed by atoms with E-state index < -0.39 is 0 Å². The van der Waals surface area contributed by atoms with Gasteiger partial charge in [0.2, 0.25) is 5.56 Å². The van der Waals surface area contributed by atoms with Crippen molar-refractivity contribution >= 4 is 27.5 Å². The topological polar surface area (TPSA) is 53.5 Å². The van der Waals surface area contributed by atoms with Crippen molar-refractivity contribution in [3.63, 3.8) is 0 Å². The van der Waals surface area contributed by atoms with Gasteiger partial charge in [0.25, 0.3) is 0 Å². The third-order valence-electron chi connectivity index (χ3n) is 7.24. The number of nitrogens with one attached hydrogen (secondary N) is 1. The summed E-state index contributed by atoms with van der Waals surface area (Å²) in [6.45, 7) is 5.16. The number of H-pyrrole nitrogens is 1. The second kappa shape index (κ2) is 8.27. The average Bonchev–Trinajstić information content (AvgIpc) is 3.14. The normalized spacial score (nSPS) is 18.1. The number of rotatable bonds is 6. The Morgan fingerprint density at radius 1 is 1.09 bits per heavy atom. The Morgan fingerprint density at radius 2 is 2.00 bits per heavy atom. The first-order chi connectivity index (χ1) is 16.2. The molecule has 1 atom stereocenters. The van der Waals surface area contributed by atoms with Gasteiger partial charge < -0.3 is 19.2 Å². The summed E-state index contributed by atoms with van der Waals surface area (Å²) in [7, 11) is 2.16. The fourth-order valence-corrected chi connectivity index (χ4v) is 5.63. The highest BCUT2D eigenvalue weighted by molar-refractivity contribution is 5.97. The molecule has 1 N–H and O–H groups in total. The molecule has 0 aliphatic carbocycles. The van der Waals surface area contributed by atoms with Crippen LogP contribution in [-0.2, 0) is 13.5 Å². The van der Waals surface area contributed by atoms with E-state index in [0.29, 0.717) is 12.6 Å². The van der Waals surface area contributed by atoms with Crippen molar-refractivity contribution in [3.05, 3.63) is 70.6 Å². The number of fused-ring (bicyclic) bond motifs is 3. The van der Waals surface area contributed by atoms with E-state index in [1.165, 1.54) is 22.2 Å². The summed E-state index contributed by atoms with van der Waals surface area (Å²) < 4.78 is 8.23. The number of benzene rings is 2. The predicted molar refractivity (Wildman–Crippen MR) is 133 cm³/mol. The smallest absolute Gasteiger partial charge is 0.248 e. The fraction of sp³-hybridized carbons (Fsp3) is 0.370. The van der Waals surface area contributed by atoms with E-state index in [0.717, 1.165) is 62.1 Å². The van der Waals surface area contributed by atoms with Crippen LogP contribution in [0.1, 0.15) is 18.4 Å². The number of aromatic amines is 1. The molecule has 170 valence electrons. The molecule has 6 heteroatoms. The molecule has 0 saturated carbocycles. The molecular formula is C27H30N4O2. The molecule has 2 aliphatic rings. The lowest BCUT2D eigenvalue weighted by molar-refractivity contribution is 0.209. The van der Waals surface area contributed by atoms with Crippen LogP contribution >= 0.6 is 0 Å². The Kier molecular flexibility index (Phi) is 5.10. The number of hydrogen-bond donors (Lipinski definition) is 1. The molecule has 1 unspecified atom stereocenters. The minimum atomic E-state index is -0.0853. The number of anilines is 1. The maximum atomic E-state index is 11.5. The van der Waals surface area contributed by atoms with Crippen LogP contribution in [0.3, 0.4) is 0 Å². The van der Waals surface area contributed by atoms with Gasteiger partial charge in [0, 0.05) is 62.1 Å². The van der Waals surface area contributed by atoms with Crippen LogP contribution in [0.4, 0.5) is 5.69 Å². The van der Waals surface area contributed by atoms with Crippen LogP contribution in [0.25, 0.3) is 21.8 Å². The molecule has 1 saturated heterocycles. The Bertz CT molecular complexity index is 1370. The summed E-state index contributed by atoms with van der Waals surface area (Å²) in [4.78, 5) is 19.7. The standard InChI is InChI=1S/C27H30N4O2/c1-29-17-20-15-21-18-30(12-13-31(21)25-6-4-5-24(29)27(20)25)11-2-3-14-33-22-9-7-19-8-10-26(32)28-23(19)16-22/h4-10,16-17,21H,2-3,11-15,18H2,1H3,(H,28,32). The van der Waals surface area contributed by atoms with Crippen molar-refractivity contribution in [1.82, 2.24) is 14.5 Å². The average molecular weight is 443 g/mol. The quantitative estimate of drug-likeness (QED) is 0.460. The lowest BCUT2D eigenvalue weighted by Gasteiger charge is -2.45. The molecule has 2 aliphatic heterocycles. The van der Waals surface area contributed by atoms with Gasteiger partial charge in [-0.2, -0.15) is 0 Å². The number of pyridine rings is 1. The van der Waals surface area contributed by atoms with E-state index in [1.54, 1.807) is 6.07 Å². The van der Waals surface area contributed by atoms with Crippen molar-refractivity contribution in [2.45, 2.75) is 25.3 Å². The molecule has 33 heavy (non-hydrogen) atoms. The number of aromatic nitrogens is 2. The van der Waals surface area contributed by atoms with Gasteiger partial charge in [0.05, 0.1) is 17.6 Å². The maximum Gasteiger partial charge on any atom is 0.248 e. The summed E-state index contributed by atoms with van der Waals surface area (Å²) in [5, 5.41) is 2.47. The number of hydrogen-bond acceptors (Lipinski definition) is 4. The van der Waals surface area contributed by atoms with E-state index in [1.807, 2.05) is 24.3 Å². The predicted octanol–water partition coefficient (Wildman–Crippen LogP) is 3.93. The highest BCUT2D eigenvalue weighted by atomic mass is 16.5. The third-order valence-corrected chi connectivity index (χ3v) is 7.24. The Labute approximate surface area is 193 Å². The third kappa shape index (κ3) is 3.78. The Balaban J connectivity index is 1.01. The number of unbranched alkanes of at least 4 members (excludes halogenated alkanes) is 1. The van der Waals surface area contributed by atoms with Crippen molar-refractivity contribution in [1.29, 1.82) is 0 Å². The molecule has 0 radical (unpaired) electrons. The highest BCUT2D eigenvalue weighted by Gasteiger charge is 2.33. The summed E-state index contributed by atoms with van der Waals surface area (Å²) in [5.74, 6) is 0.813. The summed E-state index contributed by atoms with van der Waals surface area (Å²) in [6, 6.07) is 16.6.